The first-order valence-electron chi connectivity index (χ1n) is 11.3. The number of carbonyl (C=O) groups excluding carboxylic acids is 3. The highest BCUT2D eigenvalue weighted by molar-refractivity contribution is 5.92. The van der Waals surface area contributed by atoms with E-state index in [1.807, 2.05) is 55.5 Å². The van der Waals surface area contributed by atoms with Gasteiger partial charge in [0.05, 0.1) is 5.92 Å². The molecule has 35 heavy (non-hydrogen) atoms. The first-order chi connectivity index (χ1) is 16.5. The van der Waals surface area contributed by atoms with Crippen LogP contribution in [0.2, 0.25) is 0 Å². The zero-order valence-electron chi connectivity index (χ0n) is 20.7. The van der Waals surface area contributed by atoms with E-state index in [0.717, 1.165) is 11.1 Å². The average molecular weight is 480 g/mol. The standard InChI is InChI=1S/C27H33N3O5/c1-17-9-13-19(14-10-17)20-15-11-18(12-16-20)7-6-8-21(22(31)25(33)30-35)24(32)29-23(26(34)28-5)27(2,3)4/h9-16,21-23,31,35H,8H2,1-5H3,(H,28,34)(H,29,32)(H,30,33)/t21-,22+,23-/m1/s1. The number of amides is 3. The van der Waals surface area contributed by atoms with Gasteiger partial charge in [-0.25, -0.2) is 5.48 Å². The molecule has 2 aromatic carbocycles. The summed E-state index contributed by atoms with van der Waals surface area (Å²) in [7, 11) is 1.45. The maximum atomic E-state index is 13.0. The molecule has 186 valence electrons. The molecule has 0 spiro atoms. The van der Waals surface area contributed by atoms with Gasteiger partial charge in [-0.3, -0.25) is 19.6 Å². The highest BCUT2D eigenvalue weighted by Gasteiger charge is 2.37. The van der Waals surface area contributed by atoms with Crippen molar-refractivity contribution >= 4 is 17.7 Å². The lowest BCUT2D eigenvalue weighted by atomic mass is 9.85. The molecule has 0 saturated heterocycles. The summed E-state index contributed by atoms with van der Waals surface area (Å²) in [4.78, 5) is 37.1. The lowest BCUT2D eigenvalue weighted by Crippen LogP contribution is -2.56. The van der Waals surface area contributed by atoms with Crippen LogP contribution >= 0.6 is 0 Å². The Kier molecular flexibility index (Phi) is 9.58. The van der Waals surface area contributed by atoms with Gasteiger partial charge >= 0.3 is 0 Å². The molecule has 3 atom stereocenters. The first kappa shape index (κ1) is 27.6. The molecule has 0 radical (unpaired) electrons. The number of rotatable bonds is 7. The topological polar surface area (TPSA) is 128 Å². The minimum atomic E-state index is -1.86. The third kappa shape index (κ3) is 7.67. The summed E-state index contributed by atoms with van der Waals surface area (Å²) in [5, 5.41) is 24.4. The number of benzene rings is 2. The molecule has 2 rings (SSSR count). The second-order valence-electron chi connectivity index (χ2n) is 9.40. The Labute approximate surface area is 206 Å². The van der Waals surface area contributed by atoms with Gasteiger partial charge in [0.2, 0.25) is 11.8 Å². The maximum Gasteiger partial charge on any atom is 0.273 e. The number of carbonyl (C=O) groups is 3. The SMILES string of the molecule is CNC(=O)[C@@H](NC(=O)[C@H](CC#Cc1ccc(-c2ccc(C)cc2)cc1)[C@H](O)C(=O)NO)C(C)(C)C. The van der Waals surface area contributed by atoms with Gasteiger partial charge < -0.3 is 15.7 Å². The van der Waals surface area contributed by atoms with E-state index < -0.39 is 41.2 Å². The minimum absolute atomic E-state index is 0.176. The maximum absolute atomic E-state index is 13.0. The molecule has 2 aromatic rings. The number of hydrogen-bond donors (Lipinski definition) is 5. The molecule has 0 aliphatic carbocycles. The van der Waals surface area contributed by atoms with Crippen molar-refractivity contribution in [3.05, 3.63) is 59.7 Å². The molecule has 0 aliphatic rings. The van der Waals surface area contributed by atoms with Crippen molar-refractivity contribution in [3.8, 4) is 23.0 Å². The van der Waals surface area contributed by atoms with Crippen LogP contribution in [0.15, 0.2) is 48.5 Å². The third-order valence-electron chi connectivity index (χ3n) is 5.58. The second kappa shape index (κ2) is 12.2. The molecule has 8 heteroatoms. The molecule has 0 aromatic heterocycles. The average Bonchev–Trinajstić information content (AvgIpc) is 2.83. The van der Waals surface area contributed by atoms with Crippen LogP contribution in [0.4, 0.5) is 0 Å². The van der Waals surface area contributed by atoms with Crippen LogP contribution in [0.3, 0.4) is 0 Å². The van der Waals surface area contributed by atoms with Crippen LogP contribution in [0, 0.1) is 30.1 Å². The van der Waals surface area contributed by atoms with E-state index in [4.69, 9.17) is 5.21 Å². The Hall–Kier alpha value is -3.67. The molecular formula is C27H33N3O5. The Morgan fingerprint density at radius 1 is 0.914 bits per heavy atom. The van der Waals surface area contributed by atoms with Gasteiger partial charge in [-0.1, -0.05) is 74.6 Å². The molecule has 0 heterocycles. The Morgan fingerprint density at radius 3 is 1.94 bits per heavy atom. The van der Waals surface area contributed by atoms with E-state index in [1.54, 1.807) is 20.8 Å². The van der Waals surface area contributed by atoms with Gasteiger partial charge in [0.1, 0.15) is 12.1 Å². The van der Waals surface area contributed by atoms with Crippen LogP contribution in [0.1, 0.15) is 38.3 Å². The molecule has 3 amide bonds. The fourth-order valence-electron chi connectivity index (χ4n) is 3.42. The summed E-state index contributed by atoms with van der Waals surface area (Å²) in [6.07, 6.45) is -2.03. The molecule has 0 aliphatic heterocycles. The number of aliphatic hydroxyl groups is 1. The predicted molar refractivity (Wildman–Crippen MR) is 133 cm³/mol. The quantitative estimate of drug-likeness (QED) is 0.236. The zero-order chi connectivity index (χ0) is 26.2. The van der Waals surface area contributed by atoms with E-state index in [9.17, 15) is 19.5 Å². The van der Waals surface area contributed by atoms with Crippen LogP contribution in [-0.2, 0) is 14.4 Å². The van der Waals surface area contributed by atoms with Crippen molar-refractivity contribution in [2.45, 2.75) is 46.3 Å². The number of hydrogen-bond acceptors (Lipinski definition) is 5. The molecule has 0 unspecified atom stereocenters. The number of aliphatic hydroxyl groups excluding tert-OH is 1. The summed E-state index contributed by atoms with van der Waals surface area (Å²) in [5.74, 6) is 2.18. The van der Waals surface area contributed by atoms with E-state index in [2.05, 4.69) is 22.5 Å². The molecule has 0 saturated carbocycles. The largest absolute Gasteiger partial charge is 0.382 e. The van der Waals surface area contributed by atoms with Gasteiger partial charge in [0.25, 0.3) is 5.91 Å². The summed E-state index contributed by atoms with van der Waals surface area (Å²) < 4.78 is 0. The van der Waals surface area contributed by atoms with Gasteiger partial charge in [-0.2, -0.15) is 0 Å². The predicted octanol–water partition coefficient (Wildman–Crippen LogP) is 2.16. The first-order valence-corrected chi connectivity index (χ1v) is 11.3. The fourth-order valence-corrected chi connectivity index (χ4v) is 3.42. The molecule has 0 fully saturated rings. The Bertz CT molecular complexity index is 1090. The van der Waals surface area contributed by atoms with E-state index in [1.165, 1.54) is 18.1 Å². The summed E-state index contributed by atoms with van der Waals surface area (Å²) in [6, 6.07) is 14.8. The van der Waals surface area contributed by atoms with Crippen LogP contribution in [-0.4, -0.2) is 47.2 Å². The van der Waals surface area contributed by atoms with Crippen molar-refractivity contribution < 1.29 is 24.7 Å². The summed E-state index contributed by atoms with van der Waals surface area (Å²) in [6.45, 7) is 7.36. The van der Waals surface area contributed by atoms with Crippen molar-refractivity contribution in [1.29, 1.82) is 0 Å². The normalized spacial score (nSPS) is 13.5. The van der Waals surface area contributed by atoms with Gasteiger partial charge in [-0.15, -0.1) is 0 Å². The number of aryl methyl sites for hydroxylation is 1. The molecule has 5 N–H and O–H groups in total. The number of hydroxylamine groups is 1. The van der Waals surface area contributed by atoms with Gasteiger partial charge in [0.15, 0.2) is 0 Å². The van der Waals surface area contributed by atoms with Crippen LogP contribution < -0.4 is 16.1 Å². The molecule has 8 nitrogen and oxygen atoms in total. The Balaban J connectivity index is 2.21. The van der Waals surface area contributed by atoms with Crippen LogP contribution in [0.25, 0.3) is 11.1 Å². The van der Waals surface area contributed by atoms with Crippen molar-refractivity contribution in [2.75, 3.05) is 7.05 Å². The van der Waals surface area contributed by atoms with E-state index in [0.29, 0.717) is 5.56 Å². The minimum Gasteiger partial charge on any atom is -0.382 e. The summed E-state index contributed by atoms with van der Waals surface area (Å²) in [5.41, 5.74) is 4.71. The lowest BCUT2D eigenvalue weighted by molar-refractivity contribution is -0.146. The monoisotopic (exact) mass is 479 g/mol. The zero-order valence-corrected chi connectivity index (χ0v) is 20.7. The molecular weight excluding hydrogens is 446 g/mol. The van der Waals surface area contributed by atoms with E-state index in [-0.39, 0.29) is 6.42 Å². The lowest BCUT2D eigenvalue weighted by Gasteiger charge is -2.31. The van der Waals surface area contributed by atoms with Crippen molar-refractivity contribution in [3.63, 3.8) is 0 Å². The fraction of sp³-hybridized carbons (Fsp3) is 0.370. The van der Waals surface area contributed by atoms with Gasteiger partial charge in [0, 0.05) is 19.0 Å². The van der Waals surface area contributed by atoms with Crippen molar-refractivity contribution in [2.24, 2.45) is 11.3 Å². The smallest absolute Gasteiger partial charge is 0.273 e. The number of nitrogens with one attached hydrogen (secondary N) is 3. The van der Waals surface area contributed by atoms with Gasteiger partial charge in [-0.05, 0) is 35.6 Å². The Morgan fingerprint density at radius 2 is 1.46 bits per heavy atom. The van der Waals surface area contributed by atoms with Crippen molar-refractivity contribution in [1.82, 2.24) is 16.1 Å². The highest BCUT2D eigenvalue weighted by Crippen LogP contribution is 2.22. The highest BCUT2D eigenvalue weighted by atomic mass is 16.5. The third-order valence-corrected chi connectivity index (χ3v) is 5.58. The summed E-state index contributed by atoms with van der Waals surface area (Å²) >= 11 is 0. The second-order valence-corrected chi connectivity index (χ2v) is 9.40. The van der Waals surface area contributed by atoms with Crippen LogP contribution in [0.5, 0.6) is 0 Å². The van der Waals surface area contributed by atoms with E-state index >= 15 is 0 Å². The molecule has 0 bridgehead atoms. The number of likely N-dealkylation sites (N-methyl/N-ethyl adjacent to an activating group) is 1.